The maximum Gasteiger partial charge on any atom is 0.472 e. The molecule has 0 saturated heterocycles. The largest absolute Gasteiger partial charge is 0.480 e. The lowest BCUT2D eigenvalue weighted by molar-refractivity contribution is -0.161. The minimum atomic E-state index is -4.72. The molecule has 0 aliphatic carbocycles. The van der Waals surface area contributed by atoms with Gasteiger partial charge in [-0.25, -0.2) is 4.57 Å². The number of unbranched alkanes of at least 4 members (excludes halogenated alkanes) is 12. The van der Waals surface area contributed by atoms with Crippen LogP contribution in [0, 0.1) is 0 Å². The summed E-state index contributed by atoms with van der Waals surface area (Å²) in [6.07, 6.45) is 39.7. The quantitative estimate of drug-likeness (QED) is 0.0248. The number of phosphoric acid groups is 1. The van der Waals surface area contributed by atoms with E-state index in [4.69, 9.17) is 24.8 Å². The molecule has 0 aromatic carbocycles. The van der Waals surface area contributed by atoms with Crippen LogP contribution in [0.4, 0.5) is 0 Å². The number of carbonyl (C=O) groups excluding carboxylic acids is 2. The van der Waals surface area contributed by atoms with Gasteiger partial charge < -0.3 is 25.2 Å². The fourth-order valence-electron chi connectivity index (χ4n) is 4.59. The molecule has 11 nitrogen and oxygen atoms in total. The summed E-state index contributed by atoms with van der Waals surface area (Å²) < 4.78 is 32.5. The number of allylic oxidation sites excluding steroid dienone is 12. The molecule has 0 aromatic heterocycles. The Bertz CT molecular complexity index is 1160. The average Bonchev–Trinajstić information content (AvgIpc) is 3.12. The average molecular weight is 752 g/mol. The van der Waals surface area contributed by atoms with Gasteiger partial charge in [-0.2, -0.15) is 0 Å². The van der Waals surface area contributed by atoms with Crippen molar-refractivity contribution in [2.75, 3.05) is 19.8 Å². The molecule has 0 fully saturated rings. The molecular weight excluding hydrogens is 685 g/mol. The minimum Gasteiger partial charge on any atom is -0.480 e. The molecule has 296 valence electrons. The van der Waals surface area contributed by atoms with Gasteiger partial charge in [0.25, 0.3) is 0 Å². The summed E-state index contributed by atoms with van der Waals surface area (Å²) in [6, 6.07) is -1.53. The van der Waals surface area contributed by atoms with Crippen molar-refractivity contribution in [2.45, 2.75) is 142 Å². The van der Waals surface area contributed by atoms with Crippen LogP contribution in [0.2, 0.25) is 0 Å². The topological polar surface area (TPSA) is 172 Å². The van der Waals surface area contributed by atoms with Gasteiger partial charge in [0.1, 0.15) is 12.6 Å². The molecule has 0 heterocycles. The van der Waals surface area contributed by atoms with Crippen molar-refractivity contribution >= 4 is 25.7 Å². The third-order valence-corrected chi connectivity index (χ3v) is 8.52. The van der Waals surface area contributed by atoms with Gasteiger partial charge in [-0.15, -0.1) is 0 Å². The molecule has 0 radical (unpaired) electrons. The maximum atomic E-state index is 12.6. The number of carbonyl (C=O) groups is 3. The third kappa shape index (κ3) is 34.0. The van der Waals surface area contributed by atoms with Crippen LogP contribution in [0.25, 0.3) is 0 Å². The first-order valence-corrected chi connectivity index (χ1v) is 20.5. The van der Waals surface area contributed by atoms with Gasteiger partial charge in [-0.3, -0.25) is 23.4 Å². The second kappa shape index (κ2) is 35.0. The highest BCUT2D eigenvalue weighted by Crippen LogP contribution is 2.43. The Labute approximate surface area is 312 Å². The van der Waals surface area contributed by atoms with E-state index in [0.29, 0.717) is 12.8 Å². The number of aliphatic carboxylic acids is 1. The minimum absolute atomic E-state index is 0.131. The standard InChI is InChI=1S/C40H66NO10P/c1-3-5-7-9-11-13-15-17-18-20-21-23-25-27-29-31-38(42)48-33-36(34-49-52(46,47)50-35-37(41)40(44)45)51-39(43)32-30-28-26-24-22-19-16-14-12-10-8-6-4-2/h5-16,36-37H,3-4,17-35,41H2,1-2H3,(H,44,45)(H,46,47)/b7-5+,8-6+,11-9+,12-10+,15-13+,16-14+/t36?,37-/m0/s1. The van der Waals surface area contributed by atoms with Crippen LogP contribution < -0.4 is 5.73 Å². The molecule has 0 amide bonds. The van der Waals surface area contributed by atoms with E-state index >= 15 is 0 Å². The van der Waals surface area contributed by atoms with E-state index in [2.05, 4.69) is 48.8 Å². The fourth-order valence-corrected chi connectivity index (χ4v) is 5.37. The molecule has 0 aliphatic heterocycles. The molecule has 0 spiro atoms. The number of ether oxygens (including phenoxy) is 2. The monoisotopic (exact) mass is 751 g/mol. The highest BCUT2D eigenvalue weighted by Gasteiger charge is 2.28. The highest BCUT2D eigenvalue weighted by atomic mass is 31.2. The van der Waals surface area contributed by atoms with E-state index in [9.17, 15) is 23.8 Å². The number of esters is 2. The van der Waals surface area contributed by atoms with Crippen LogP contribution in [0.5, 0.6) is 0 Å². The normalized spacial score (nSPS) is 14.7. The van der Waals surface area contributed by atoms with Crippen LogP contribution in [0.15, 0.2) is 72.9 Å². The van der Waals surface area contributed by atoms with Crippen molar-refractivity contribution < 1.29 is 47.5 Å². The number of rotatable bonds is 34. The summed E-state index contributed by atoms with van der Waals surface area (Å²) in [5, 5.41) is 8.86. The summed E-state index contributed by atoms with van der Waals surface area (Å²) in [5.74, 6) is -2.44. The van der Waals surface area contributed by atoms with Crippen LogP contribution in [-0.2, 0) is 37.5 Å². The van der Waals surface area contributed by atoms with Crippen molar-refractivity contribution in [2.24, 2.45) is 5.73 Å². The smallest absolute Gasteiger partial charge is 0.472 e. The van der Waals surface area contributed by atoms with Crippen LogP contribution >= 0.6 is 7.82 Å². The first kappa shape index (κ1) is 48.9. The van der Waals surface area contributed by atoms with Crippen molar-refractivity contribution in [1.82, 2.24) is 0 Å². The number of phosphoric ester groups is 1. The molecular formula is C40H66NO10P. The van der Waals surface area contributed by atoms with Crippen LogP contribution in [0.1, 0.15) is 129 Å². The second-order valence-electron chi connectivity index (χ2n) is 12.4. The molecule has 3 atom stereocenters. The fraction of sp³-hybridized carbons (Fsp3) is 0.625. The van der Waals surface area contributed by atoms with E-state index < -0.39 is 51.1 Å². The number of hydrogen-bond acceptors (Lipinski definition) is 9. The summed E-state index contributed by atoms with van der Waals surface area (Å²) in [4.78, 5) is 45.8. The molecule has 0 aromatic rings. The Morgan fingerprint density at radius 2 is 1.02 bits per heavy atom. The van der Waals surface area contributed by atoms with E-state index in [-0.39, 0.29) is 19.4 Å². The lowest BCUT2D eigenvalue weighted by atomic mass is 10.1. The summed E-state index contributed by atoms with van der Waals surface area (Å²) >= 11 is 0. The zero-order valence-electron chi connectivity index (χ0n) is 31.6. The van der Waals surface area contributed by atoms with E-state index in [1.165, 1.54) is 6.42 Å². The zero-order valence-corrected chi connectivity index (χ0v) is 32.5. The third-order valence-electron chi connectivity index (χ3n) is 7.57. The van der Waals surface area contributed by atoms with E-state index in [1.54, 1.807) is 0 Å². The molecule has 0 rings (SSSR count). The van der Waals surface area contributed by atoms with Crippen molar-refractivity contribution in [3.05, 3.63) is 72.9 Å². The Morgan fingerprint density at radius 3 is 1.50 bits per heavy atom. The van der Waals surface area contributed by atoms with Crippen LogP contribution in [-0.4, -0.2) is 59.9 Å². The van der Waals surface area contributed by atoms with Gasteiger partial charge >= 0.3 is 25.7 Å². The van der Waals surface area contributed by atoms with Gasteiger partial charge in [0, 0.05) is 12.8 Å². The molecule has 2 unspecified atom stereocenters. The van der Waals surface area contributed by atoms with Crippen molar-refractivity contribution in [3.63, 3.8) is 0 Å². The highest BCUT2D eigenvalue weighted by molar-refractivity contribution is 7.47. The summed E-state index contributed by atoms with van der Waals surface area (Å²) in [5.41, 5.74) is 5.31. The molecule has 12 heteroatoms. The Kier molecular flexibility index (Phi) is 32.9. The van der Waals surface area contributed by atoms with Gasteiger partial charge in [-0.1, -0.05) is 138 Å². The Balaban J connectivity index is 4.49. The zero-order chi connectivity index (χ0) is 38.5. The SMILES string of the molecule is CC/C=C/C=C/C=C/CCCCCCCCCC(=O)OCC(COP(=O)(O)OC[C@H](N)C(=O)O)OC(=O)CCCCCCC/C=C/C=C/C=C/CC. The van der Waals surface area contributed by atoms with E-state index in [0.717, 1.165) is 83.5 Å². The van der Waals surface area contributed by atoms with Crippen molar-refractivity contribution in [1.29, 1.82) is 0 Å². The predicted octanol–water partition coefficient (Wildman–Crippen LogP) is 9.39. The first-order chi connectivity index (χ1) is 25.1. The first-order valence-electron chi connectivity index (χ1n) is 19.0. The van der Waals surface area contributed by atoms with E-state index in [1.807, 2.05) is 42.5 Å². The molecule has 4 N–H and O–H groups in total. The van der Waals surface area contributed by atoms with Gasteiger partial charge in [0.2, 0.25) is 0 Å². The number of carboxylic acids is 1. The summed E-state index contributed by atoms with van der Waals surface area (Å²) in [6.45, 7) is 2.47. The lowest BCUT2D eigenvalue weighted by Gasteiger charge is -2.20. The van der Waals surface area contributed by atoms with Crippen molar-refractivity contribution in [3.8, 4) is 0 Å². The second-order valence-corrected chi connectivity index (χ2v) is 13.9. The number of carboxylic acid groups (broad SMARTS) is 1. The van der Waals surface area contributed by atoms with Gasteiger partial charge in [-0.05, 0) is 51.4 Å². The Morgan fingerprint density at radius 1 is 0.596 bits per heavy atom. The van der Waals surface area contributed by atoms with Gasteiger partial charge in [0.05, 0.1) is 13.2 Å². The number of nitrogens with two attached hydrogens (primary N) is 1. The molecule has 52 heavy (non-hydrogen) atoms. The lowest BCUT2D eigenvalue weighted by Crippen LogP contribution is -2.34. The number of hydrogen-bond donors (Lipinski definition) is 3. The molecule has 0 bridgehead atoms. The molecule has 0 saturated carbocycles. The van der Waals surface area contributed by atoms with Gasteiger partial charge in [0.15, 0.2) is 6.10 Å². The maximum absolute atomic E-state index is 12.6. The predicted molar refractivity (Wildman–Crippen MR) is 207 cm³/mol. The molecule has 0 aliphatic rings. The Hall–Kier alpha value is -3.08. The van der Waals surface area contributed by atoms with Crippen LogP contribution in [0.3, 0.4) is 0 Å². The summed E-state index contributed by atoms with van der Waals surface area (Å²) in [7, 11) is -4.72.